The van der Waals surface area contributed by atoms with E-state index in [1.54, 1.807) is 12.2 Å². The van der Waals surface area contributed by atoms with Gasteiger partial charge in [-0.1, -0.05) is 30.3 Å². The number of hydrogen-bond donors (Lipinski definition) is 0. The third-order valence-corrected chi connectivity index (χ3v) is 4.19. The quantitative estimate of drug-likeness (QED) is 0.752. The number of benzene rings is 1. The molecule has 0 radical (unpaired) electrons. The molecule has 23 heavy (non-hydrogen) atoms. The molecule has 0 spiro atoms. The van der Waals surface area contributed by atoms with E-state index in [2.05, 4.69) is 11.8 Å². The van der Waals surface area contributed by atoms with Crippen molar-refractivity contribution in [2.45, 2.75) is 13.0 Å². The smallest absolute Gasteiger partial charge is 0.335 e. The number of ether oxygens (including phenoxy) is 2. The third-order valence-electron chi connectivity index (χ3n) is 4.19. The highest BCUT2D eigenvalue weighted by atomic mass is 16.5. The SMILES string of the molecule is C[C@H](c1ccccc1)N(CC1=CCOC1=O)CC1=CCOC1=O. The Bertz CT molecular complexity index is 627. The first-order chi connectivity index (χ1) is 11.1. The van der Waals surface area contributed by atoms with E-state index >= 15 is 0 Å². The fourth-order valence-corrected chi connectivity index (χ4v) is 2.76. The molecule has 0 saturated carbocycles. The van der Waals surface area contributed by atoms with Gasteiger partial charge < -0.3 is 9.47 Å². The molecule has 1 atom stereocenters. The summed E-state index contributed by atoms with van der Waals surface area (Å²) in [5.41, 5.74) is 2.41. The molecule has 0 fully saturated rings. The maximum Gasteiger partial charge on any atom is 0.335 e. The van der Waals surface area contributed by atoms with Crippen LogP contribution in [0.4, 0.5) is 0 Å². The second kappa shape index (κ2) is 6.79. The van der Waals surface area contributed by atoms with Gasteiger partial charge in [-0.15, -0.1) is 0 Å². The average molecular weight is 313 g/mol. The van der Waals surface area contributed by atoms with Gasteiger partial charge in [0.2, 0.25) is 0 Å². The van der Waals surface area contributed by atoms with Crippen LogP contribution in [0.5, 0.6) is 0 Å². The van der Waals surface area contributed by atoms with Crippen molar-refractivity contribution in [3.8, 4) is 0 Å². The van der Waals surface area contributed by atoms with E-state index < -0.39 is 0 Å². The Labute approximate surface area is 135 Å². The molecule has 0 N–H and O–H groups in total. The molecule has 0 aromatic heterocycles. The fourth-order valence-electron chi connectivity index (χ4n) is 2.76. The number of rotatable bonds is 6. The van der Waals surface area contributed by atoms with Crippen LogP contribution in [0, 0.1) is 0 Å². The van der Waals surface area contributed by atoms with Gasteiger partial charge in [-0.3, -0.25) is 4.90 Å². The van der Waals surface area contributed by atoms with Gasteiger partial charge >= 0.3 is 11.9 Å². The van der Waals surface area contributed by atoms with Crippen LogP contribution >= 0.6 is 0 Å². The van der Waals surface area contributed by atoms with Crippen LogP contribution < -0.4 is 0 Å². The van der Waals surface area contributed by atoms with Crippen molar-refractivity contribution in [2.24, 2.45) is 0 Å². The maximum absolute atomic E-state index is 11.7. The van der Waals surface area contributed by atoms with Gasteiger partial charge in [0, 0.05) is 19.1 Å². The van der Waals surface area contributed by atoms with Gasteiger partial charge in [0.15, 0.2) is 0 Å². The highest BCUT2D eigenvalue weighted by Gasteiger charge is 2.27. The van der Waals surface area contributed by atoms with E-state index in [0.717, 1.165) is 5.56 Å². The topological polar surface area (TPSA) is 55.8 Å². The lowest BCUT2D eigenvalue weighted by Crippen LogP contribution is -2.33. The standard InChI is InChI=1S/C18H19NO4/c1-13(14-5-3-2-4-6-14)19(11-15-7-9-22-17(15)20)12-16-8-10-23-18(16)21/h2-8,13H,9-12H2,1H3/t13-/m1/s1. The van der Waals surface area contributed by atoms with Crippen molar-refractivity contribution in [3.05, 3.63) is 59.2 Å². The fraction of sp³-hybridized carbons (Fsp3) is 0.333. The van der Waals surface area contributed by atoms with Crippen LogP contribution in [-0.4, -0.2) is 43.1 Å². The third kappa shape index (κ3) is 3.51. The minimum atomic E-state index is -0.279. The zero-order valence-electron chi connectivity index (χ0n) is 13.0. The molecular formula is C18H19NO4. The lowest BCUT2D eigenvalue weighted by molar-refractivity contribution is -0.136. The molecule has 0 saturated heterocycles. The summed E-state index contributed by atoms with van der Waals surface area (Å²) in [6.45, 7) is 3.61. The number of cyclic esters (lactones) is 2. The van der Waals surface area contributed by atoms with Crippen LogP contribution in [0.3, 0.4) is 0 Å². The maximum atomic E-state index is 11.7. The zero-order chi connectivity index (χ0) is 16.2. The van der Waals surface area contributed by atoms with Gasteiger partial charge in [0.1, 0.15) is 13.2 Å². The van der Waals surface area contributed by atoms with Crippen LogP contribution in [-0.2, 0) is 19.1 Å². The molecule has 0 amide bonds. The van der Waals surface area contributed by atoms with E-state index in [1.807, 2.05) is 30.3 Å². The monoisotopic (exact) mass is 313 g/mol. The number of carbonyl (C=O) groups is 2. The van der Waals surface area contributed by atoms with Crippen molar-refractivity contribution in [2.75, 3.05) is 26.3 Å². The number of carbonyl (C=O) groups excluding carboxylic acids is 2. The molecule has 2 heterocycles. The molecule has 0 unspecified atom stereocenters. The van der Waals surface area contributed by atoms with Crippen molar-refractivity contribution >= 4 is 11.9 Å². The first kappa shape index (κ1) is 15.5. The van der Waals surface area contributed by atoms with E-state index in [4.69, 9.17) is 9.47 Å². The van der Waals surface area contributed by atoms with Crippen molar-refractivity contribution < 1.29 is 19.1 Å². The second-order valence-corrected chi connectivity index (χ2v) is 5.65. The average Bonchev–Trinajstić information content (AvgIpc) is 3.16. The molecule has 1 aromatic rings. The summed E-state index contributed by atoms with van der Waals surface area (Å²) in [5.74, 6) is -0.559. The van der Waals surface area contributed by atoms with Gasteiger partial charge in [-0.2, -0.15) is 0 Å². The van der Waals surface area contributed by atoms with Crippen molar-refractivity contribution in [3.63, 3.8) is 0 Å². The van der Waals surface area contributed by atoms with Crippen LogP contribution in [0.15, 0.2) is 53.6 Å². The van der Waals surface area contributed by atoms with Gasteiger partial charge in [0.05, 0.1) is 11.1 Å². The van der Waals surface area contributed by atoms with Gasteiger partial charge in [-0.25, -0.2) is 9.59 Å². The van der Waals surface area contributed by atoms with Gasteiger partial charge in [-0.05, 0) is 24.6 Å². The molecule has 1 aromatic carbocycles. The predicted molar refractivity (Wildman–Crippen MR) is 84.5 cm³/mol. The Morgan fingerprint density at radius 2 is 1.48 bits per heavy atom. The molecule has 120 valence electrons. The minimum absolute atomic E-state index is 0.0554. The Kier molecular flexibility index (Phi) is 4.57. The van der Waals surface area contributed by atoms with E-state index in [0.29, 0.717) is 37.4 Å². The summed E-state index contributed by atoms with van der Waals surface area (Å²) in [6.07, 6.45) is 3.60. The van der Waals surface area contributed by atoms with E-state index in [-0.39, 0.29) is 18.0 Å². The van der Waals surface area contributed by atoms with Crippen LogP contribution in [0.2, 0.25) is 0 Å². The summed E-state index contributed by atoms with van der Waals surface area (Å²) >= 11 is 0. The Morgan fingerprint density at radius 3 is 1.91 bits per heavy atom. The number of nitrogens with zero attached hydrogens (tertiary/aromatic N) is 1. The molecule has 2 aliphatic heterocycles. The highest BCUT2D eigenvalue weighted by Crippen LogP contribution is 2.24. The molecule has 0 bridgehead atoms. The molecule has 5 heteroatoms. The first-order valence-electron chi connectivity index (χ1n) is 7.66. The van der Waals surface area contributed by atoms with Crippen LogP contribution in [0.1, 0.15) is 18.5 Å². The lowest BCUT2D eigenvalue weighted by Gasteiger charge is -2.29. The van der Waals surface area contributed by atoms with E-state index in [1.165, 1.54) is 0 Å². The number of hydrogen-bond acceptors (Lipinski definition) is 5. The Hall–Kier alpha value is -2.40. The number of esters is 2. The summed E-state index contributed by atoms with van der Waals surface area (Å²) < 4.78 is 9.96. The largest absolute Gasteiger partial charge is 0.458 e. The van der Waals surface area contributed by atoms with Gasteiger partial charge in [0.25, 0.3) is 0 Å². The summed E-state index contributed by atoms with van der Waals surface area (Å²) in [6, 6.07) is 10.1. The van der Waals surface area contributed by atoms with Crippen LogP contribution in [0.25, 0.3) is 0 Å². The zero-order valence-corrected chi connectivity index (χ0v) is 13.0. The second-order valence-electron chi connectivity index (χ2n) is 5.65. The Morgan fingerprint density at radius 1 is 0.957 bits per heavy atom. The predicted octanol–water partition coefficient (Wildman–Crippen LogP) is 2.02. The Balaban J connectivity index is 1.80. The molecular weight excluding hydrogens is 294 g/mol. The van der Waals surface area contributed by atoms with Crippen molar-refractivity contribution in [1.29, 1.82) is 0 Å². The normalized spacial score (nSPS) is 18.5. The summed E-state index contributed by atoms with van der Waals surface area (Å²) in [5, 5.41) is 0. The molecule has 0 aliphatic carbocycles. The molecule has 5 nitrogen and oxygen atoms in total. The summed E-state index contributed by atoms with van der Waals surface area (Å²) in [4.78, 5) is 25.6. The lowest BCUT2D eigenvalue weighted by atomic mass is 10.0. The van der Waals surface area contributed by atoms with Crippen molar-refractivity contribution in [1.82, 2.24) is 4.90 Å². The first-order valence-corrected chi connectivity index (χ1v) is 7.66. The summed E-state index contributed by atoms with van der Waals surface area (Å²) in [7, 11) is 0. The van der Waals surface area contributed by atoms with E-state index in [9.17, 15) is 9.59 Å². The minimum Gasteiger partial charge on any atom is -0.458 e. The highest BCUT2D eigenvalue weighted by molar-refractivity contribution is 5.92. The molecule has 3 rings (SSSR count). The molecule has 2 aliphatic rings.